The van der Waals surface area contributed by atoms with Gasteiger partial charge >= 0.3 is 0 Å². The summed E-state index contributed by atoms with van der Waals surface area (Å²) in [6.45, 7) is 6.76. The molecule has 0 saturated heterocycles. The molecule has 2 nitrogen and oxygen atoms in total. The molecule has 0 aliphatic rings. The van der Waals surface area contributed by atoms with Crippen LogP contribution < -0.4 is 4.74 Å². The summed E-state index contributed by atoms with van der Waals surface area (Å²) in [5.74, 6) is 0.845. The molecule has 106 valence electrons. The summed E-state index contributed by atoms with van der Waals surface area (Å²) >= 11 is 12.0. The molecule has 0 spiro atoms. The molecule has 0 saturated carbocycles. The SMILES string of the molecule is CC(C)(C)c1ccccc1OCc1nc(Cl)ccc1Cl. The molecule has 2 aromatic rings. The number of para-hydroxylation sites is 1. The fourth-order valence-corrected chi connectivity index (χ4v) is 2.24. The minimum absolute atomic E-state index is 0.0160. The van der Waals surface area contributed by atoms with E-state index in [1.165, 1.54) is 0 Å². The average molecular weight is 310 g/mol. The third-order valence-corrected chi connectivity index (χ3v) is 3.50. The smallest absolute Gasteiger partial charge is 0.132 e. The van der Waals surface area contributed by atoms with Crippen molar-refractivity contribution in [1.29, 1.82) is 0 Å². The van der Waals surface area contributed by atoms with E-state index < -0.39 is 0 Å². The Morgan fingerprint density at radius 2 is 1.75 bits per heavy atom. The van der Waals surface area contributed by atoms with E-state index >= 15 is 0 Å². The van der Waals surface area contributed by atoms with Crippen molar-refractivity contribution in [1.82, 2.24) is 4.98 Å². The molecular formula is C16H17Cl2NO. The van der Waals surface area contributed by atoms with Gasteiger partial charge in [-0.15, -0.1) is 0 Å². The molecule has 1 aromatic heterocycles. The van der Waals surface area contributed by atoms with Gasteiger partial charge in [0.15, 0.2) is 0 Å². The first kappa shape index (κ1) is 15.1. The highest BCUT2D eigenvalue weighted by atomic mass is 35.5. The Kier molecular flexibility index (Phi) is 4.56. The Bertz CT molecular complexity index is 606. The zero-order chi connectivity index (χ0) is 14.8. The standard InChI is InChI=1S/C16H17Cl2NO/c1-16(2,3)11-6-4-5-7-14(11)20-10-13-12(17)8-9-15(18)19-13/h4-9H,10H2,1-3H3. The number of pyridine rings is 1. The Balaban J connectivity index is 2.21. The highest BCUT2D eigenvalue weighted by molar-refractivity contribution is 6.32. The third-order valence-electron chi connectivity index (χ3n) is 2.94. The number of ether oxygens (including phenoxy) is 1. The van der Waals surface area contributed by atoms with Crippen LogP contribution in [-0.4, -0.2) is 4.98 Å². The molecule has 0 bridgehead atoms. The van der Waals surface area contributed by atoms with Crippen LogP contribution >= 0.6 is 23.2 Å². The molecule has 0 aliphatic carbocycles. The molecule has 0 atom stereocenters. The van der Waals surface area contributed by atoms with E-state index in [4.69, 9.17) is 27.9 Å². The molecular weight excluding hydrogens is 293 g/mol. The van der Waals surface area contributed by atoms with Gasteiger partial charge < -0.3 is 4.74 Å². The number of aromatic nitrogens is 1. The number of rotatable bonds is 3. The second-order valence-electron chi connectivity index (χ2n) is 5.60. The Morgan fingerprint density at radius 1 is 1.05 bits per heavy atom. The third kappa shape index (κ3) is 3.65. The van der Waals surface area contributed by atoms with Crippen LogP contribution in [-0.2, 0) is 12.0 Å². The fraction of sp³-hybridized carbons (Fsp3) is 0.312. The molecule has 0 amide bonds. The van der Waals surface area contributed by atoms with Crippen molar-refractivity contribution in [3.8, 4) is 5.75 Å². The van der Waals surface area contributed by atoms with Crippen molar-refractivity contribution in [2.24, 2.45) is 0 Å². The van der Waals surface area contributed by atoms with Crippen molar-refractivity contribution in [2.75, 3.05) is 0 Å². The van der Waals surface area contributed by atoms with Gasteiger partial charge in [0.1, 0.15) is 17.5 Å². The van der Waals surface area contributed by atoms with E-state index in [1.54, 1.807) is 12.1 Å². The van der Waals surface area contributed by atoms with Crippen LogP contribution in [0.4, 0.5) is 0 Å². The molecule has 0 N–H and O–H groups in total. The first-order valence-corrected chi connectivity index (χ1v) is 7.17. The predicted octanol–water partition coefficient (Wildman–Crippen LogP) is 5.26. The summed E-state index contributed by atoms with van der Waals surface area (Å²) in [6.07, 6.45) is 0. The maximum absolute atomic E-state index is 6.09. The molecule has 0 radical (unpaired) electrons. The summed E-state index contributed by atoms with van der Waals surface area (Å²) in [7, 11) is 0. The first-order valence-electron chi connectivity index (χ1n) is 6.41. The summed E-state index contributed by atoms with van der Waals surface area (Å²) < 4.78 is 5.88. The van der Waals surface area contributed by atoms with Gasteiger partial charge in [0.25, 0.3) is 0 Å². The highest BCUT2D eigenvalue weighted by Crippen LogP contribution is 2.31. The zero-order valence-corrected chi connectivity index (χ0v) is 13.3. The lowest BCUT2D eigenvalue weighted by molar-refractivity contribution is 0.293. The molecule has 4 heteroatoms. The van der Waals surface area contributed by atoms with Crippen molar-refractivity contribution in [2.45, 2.75) is 32.8 Å². The van der Waals surface area contributed by atoms with E-state index in [9.17, 15) is 0 Å². The van der Waals surface area contributed by atoms with Gasteiger partial charge in [-0.1, -0.05) is 62.2 Å². The number of nitrogens with zero attached hydrogens (tertiary/aromatic N) is 1. The molecule has 0 unspecified atom stereocenters. The summed E-state index contributed by atoms with van der Waals surface area (Å²) in [4.78, 5) is 4.19. The van der Waals surface area contributed by atoms with E-state index in [0.717, 1.165) is 11.3 Å². The quantitative estimate of drug-likeness (QED) is 0.721. The average Bonchev–Trinajstić information content (AvgIpc) is 2.39. The maximum atomic E-state index is 6.09. The van der Waals surface area contributed by atoms with Crippen LogP contribution in [0.25, 0.3) is 0 Å². The van der Waals surface area contributed by atoms with Crippen molar-refractivity contribution >= 4 is 23.2 Å². The van der Waals surface area contributed by atoms with E-state index in [2.05, 4.69) is 31.8 Å². The monoisotopic (exact) mass is 309 g/mol. The van der Waals surface area contributed by atoms with Crippen molar-refractivity contribution < 1.29 is 4.74 Å². The van der Waals surface area contributed by atoms with E-state index in [-0.39, 0.29) is 5.41 Å². The lowest BCUT2D eigenvalue weighted by atomic mass is 9.86. The molecule has 1 aromatic carbocycles. The molecule has 20 heavy (non-hydrogen) atoms. The summed E-state index contributed by atoms with van der Waals surface area (Å²) in [5.41, 5.74) is 1.81. The van der Waals surface area contributed by atoms with Crippen LogP contribution in [0.1, 0.15) is 32.0 Å². The van der Waals surface area contributed by atoms with E-state index in [1.807, 2.05) is 18.2 Å². The second kappa shape index (κ2) is 6.02. The van der Waals surface area contributed by atoms with Crippen molar-refractivity contribution in [3.05, 3.63) is 57.8 Å². The van der Waals surface area contributed by atoms with Crippen LogP contribution in [0.3, 0.4) is 0 Å². The van der Waals surface area contributed by atoms with Gasteiger partial charge in [-0.3, -0.25) is 0 Å². The van der Waals surface area contributed by atoms with Gasteiger partial charge in [-0.25, -0.2) is 4.98 Å². The molecule has 0 aliphatic heterocycles. The zero-order valence-electron chi connectivity index (χ0n) is 11.8. The minimum atomic E-state index is 0.0160. The van der Waals surface area contributed by atoms with Gasteiger partial charge in [0.2, 0.25) is 0 Å². The normalized spacial score (nSPS) is 11.4. The predicted molar refractivity (Wildman–Crippen MR) is 83.7 cm³/mol. The number of benzene rings is 1. The van der Waals surface area contributed by atoms with Crippen LogP contribution in [0, 0.1) is 0 Å². The molecule has 1 heterocycles. The summed E-state index contributed by atoms with van der Waals surface area (Å²) in [6, 6.07) is 11.4. The van der Waals surface area contributed by atoms with Gasteiger partial charge in [-0.2, -0.15) is 0 Å². The maximum Gasteiger partial charge on any atom is 0.132 e. The largest absolute Gasteiger partial charge is 0.487 e. The van der Waals surface area contributed by atoms with Crippen LogP contribution in [0.2, 0.25) is 10.2 Å². The lowest BCUT2D eigenvalue weighted by Crippen LogP contribution is -2.13. The Labute approximate surface area is 129 Å². The molecule has 2 rings (SSSR count). The molecule has 0 fully saturated rings. The van der Waals surface area contributed by atoms with Gasteiger partial charge in [0, 0.05) is 0 Å². The number of halogens is 2. The van der Waals surface area contributed by atoms with Gasteiger partial charge in [-0.05, 0) is 29.2 Å². The van der Waals surface area contributed by atoms with Crippen molar-refractivity contribution in [3.63, 3.8) is 0 Å². The fourth-order valence-electron chi connectivity index (χ4n) is 1.92. The first-order chi connectivity index (χ1) is 9.38. The Hall–Kier alpha value is -1.25. The van der Waals surface area contributed by atoms with Crippen LogP contribution in [0.5, 0.6) is 5.75 Å². The van der Waals surface area contributed by atoms with Crippen LogP contribution in [0.15, 0.2) is 36.4 Å². The Morgan fingerprint density at radius 3 is 2.45 bits per heavy atom. The second-order valence-corrected chi connectivity index (χ2v) is 6.39. The number of hydrogen-bond donors (Lipinski definition) is 0. The topological polar surface area (TPSA) is 22.1 Å². The number of hydrogen-bond acceptors (Lipinski definition) is 2. The highest BCUT2D eigenvalue weighted by Gasteiger charge is 2.18. The lowest BCUT2D eigenvalue weighted by Gasteiger charge is -2.22. The van der Waals surface area contributed by atoms with E-state index in [0.29, 0.717) is 22.5 Å². The minimum Gasteiger partial charge on any atom is -0.487 e. The van der Waals surface area contributed by atoms with Gasteiger partial charge in [0.05, 0.1) is 10.7 Å². The summed E-state index contributed by atoms with van der Waals surface area (Å²) in [5, 5.41) is 0.972.